The maximum Gasteiger partial charge on any atom is 0.332 e. The van der Waals surface area contributed by atoms with Crippen molar-refractivity contribution in [2.75, 3.05) is 5.75 Å². The topological polar surface area (TPSA) is 49.7 Å². The van der Waals surface area contributed by atoms with E-state index in [9.17, 15) is 4.79 Å². The SMILES string of the molecule is CC1(C(=O)O)CSC(CC2CC2)=N1. The van der Waals surface area contributed by atoms with Gasteiger partial charge in [-0.2, -0.15) is 0 Å². The number of nitrogens with zero attached hydrogens (tertiary/aromatic N) is 1. The van der Waals surface area contributed by atoms with Gasteiger partial charge in [0.1, 0.15) is 0 Å². The van der Waals surface area contributed by atoms with Crippen molar-refractivity contribution in [1.82, 2.24) is 0 Å². The predicted molar refractivity (Wildman–Crippen MR) is 53.3 cm³/mol. The van der Waals surface area contributed by atoms with Gasteiger partial charge in [-0.3, -0.25) is 4.99 Å². The summed E-state index contributed by atoms with van der Waals surface area (Å²) in [4.78, 5) is 15.1. The van der Waals surface area contributed by atoms with Crippen LogP contribution in [-0.2, 0) is 4.79 Å². The number of carbonyl (C=O) groups is 1. The molecule has 13 heavy (non-hydrogen) atoms. The van der Waals surface area contributed by atoms with Crippen molar-refractivity contribution in [2.45, 2.75) is 31.7 Å². The summed E-state index contributed by atoms with van der Waals surface area (Å²) in [6.07, 6.45) is 3.60. The molecule has 3 nitrogen and oxygen atoms in total. The van der Waals surface area contributed by atoms with Crippen LogP contribution < -0.4 is 0 Å². The lowest BCUT2D eigenvalue weighted by Crippen LogP contribution is -2.33. The summed E-state index contributed by atoms with van der Waals surface area (Å²) in [5.41, 5.74) is -0.852. The zero-order valence-electron chi connectivity index (χ0n) is 7.62. The first-order valence-electron chi connectivity index (χ1n) is 4.55. The molecule has 1 aliphatic carbocycles. The highest BCUT2D eigenvalue weighted by molar-refractivity contribution is 8.14. The normalized spacial score (nSPS) is 33.2. The summed E-state index contributed by atoms with van der Waals surface area (Å²) in [5, 5.41) is 9.97. The van der Waals surface area contributed by atoms with E-state index in [0.717, 1.165) is 17.4 Å². The third kappa shape index (κ3) is 1.88. The van der Waals surface area contributed by atoms with Gasteiger partial charge in [0, 0.05) is 5.75 Å². The number of carboxylic acid groups (broad SMARTS) is 1. The maximum absolute atomic E-state index is 10.8. The Balaban J connectivity index is 2.02. The molecule has 0 bridgehead atoms. The van der Waals surface area contributed by atoms with Crippen LogP contribution in [0.25, 0.3) is 0 Å². The van der Waals surface area contributed by atoms with Crippen LogP contribution in [-0.4, -0.2) is 27.4 Å². The highest BCUT2D eigenvalue weighted by Gasteiger charge is 2.39. The second kappa shape index (κ2) is 3.01. The van der Waals surface area contributed by atoms with Gasteiger partial charge in [-0.05, 0) is 32.1 Å². The van der Waals surface area contributed by atoms with E-state index in [1.165, 1.54) is 12.8 Å². The van der Waals surface area contributed by atoms with Gasteiger partial charge in [-0.25, -0.2) is 4.79 Å². The van der Waals surface area contributed by atoms with E-state index in [1.807, 2.05) is 0 Å². The van der Waals surface area contributed by atoms with Crippen LogP contribution in [0.15, 0.2) is 4.99 Å². The van der Waals surface area contributed by atoms with Gasteiger partial charge in [0.15, 0.2) is 5.54 Å². The molecule has 72 valence electrons. The second-order valence-corrected chi connectivity index (χ2v) is 5.07. The fourth-order valence-electron chi connectivity index (χ4n) is 1.35. The van der Waals surface area contributed by atoms with Crippen molar-refractivity contribution < 1.29 is 9.90 Å². The quantitative estimate of drug-likeness (QED) is 0.753. The Morgan fingerprint density at radius 1 is 1.77 bits per heavy atom. The number of aliphatic imine (C=N–C) groups is 1. The minimum absolute atomic E-state index is 0.602. The number of rotatable bonds is 3. The molecule has 0 spiro atoms. The molecule has 1 unspecified atom stereocenters. The molecule has 1 N–H and O–H groups in total. The number of hydrogen-bond acceptors (Lipinski definition) is 3. The van der Waals surface area contributed by atoms with Crippen molar-refractivity contribution in [3.05, 3.63) is 0 Å². The summed E-state index contributed by atoms with van der Waals surface area (Å²) in [7, 11) is 0. The highest BCUT2D eigenvalue weighted by Crippen LogP contribution is 2.38. The Hall–Kier alpha value is -0.510. The molecule has 4 heteroatoms. The number of aliphatic carboxylic acids is 1. The van der Waals surface area contributed by atoms with Gasteiger partial charge in [-0.1, -0.05) is 0 Å². The zero-order valence-corrected chi connectivity index (χ0v) is 8.43. The first-order chi connectivity index (χ1) is 6.10. The van der Waals surface area contributed by atoms with Gasteiger partial charge >= 0.3 is 5.97 Å². The molecular weight excluding hydrogens is 186 g/mol. The fourth-order valence-corrected chi connectivity index (χ4v) is 2.60. The molecule has 2 aliphatic rings. The van der Waals surface area contributed by atoms with E-state index in [1.54, 1.807) is 18.7 Å². The van der Waals surface area contributed by atoms with Crippen LogP contribution in [0.4, 0.5) is 0 Å². The summed E-state index contributed by atoms with van der Waals surface area (Å²) in [6, 6.07) is 0. The van der Waals surface area contributed by atoms with E-state index < -0.39 is 11.5 Å². The van der Waals surface area contributed by atoms with Crippen molar-refractivity contribution in [2.24, 2.45) is 10.9 Å². The standard InChI is InChI=1S/C9H13NO2S/c1-9(8(11)12)5-13-7(10-9)4-6-2-3-6/h6H,2-5H2,1H3,(H,11,12). The van der Waals surface area contributed by atoms with Crippen LogP contribution in [0, 0.1) is 5.92 Å². The monoisotopic (exact) mass is 199 g/mol. The summed E-state index contributed by atoms with van der Waals surface area (Å²) >= 11 is 1.62. The van der Waals surface area contributed by atoms with Crippen LogP contribution in [0.1, 0.15) is 26.2 Å². The Morgan fingerprint density at radius 2 is 2.46 bits per heavy atom. The minimum atomic E-state index is -0.852. The molecule has 1 aliphatic heterocycles. The first kappa shape index (κ1) is 9.06. The molecule has 1 heterocycles. The molecule has 0 aromatic carbocycles. The van der Waals surface area contributed by atoms with Gasteiger partial charge in [0.05, 0.1) is 5.04 Å². The molecule has 0 radical (unpaired) electrons. The van der Waals surface area contributed by atoms with E-state index in [0.29, 0.717) is 5.75 Å². The third-order valence-corrected chi connectivity index (χ3v) is 3.81. The minimum Gasteiger partial charge on any atom is -0.479 e. The van der Waals surface area contributed by atoms with Crippen molar-refractivity contribution in [3.63, 3.8) is 0 Å². The van der Waals surface area contributed by atoms with Crippen LogP contribution >= 0.6 is 11.8 Å². The molecule has 1 atom stereocenters. The lowest BCUT2D eigenvalue weighted by Gasteiger charge is -2.11. The second-order valence-electron chi connectivity index (χ2n) is 4.02. The van der Waals surface area contributed by atoms with Crippen LogP contribution in [0.3, 0.4) is 0 Å². The molecule has 0 saturated heterocycles. The van der Waals surface area contributed by atoms with Crippen molar-refractivity contribution in [3.8, 4) is 0 Å². The molecule has 0 aromatic heterocycles. The van der Waals surface area contributed by atoms with Gasteiger partial charge < -0.3 is 5.11 Å². The third-order valence-electron chi connectivity index (χ3n) is 2.51. The Kier molecular flexibility index (Phi) is 2.10. The molecule has 2 rings (SSSR count). The summed E-state index contributed by atoms with van der Waals surface area (Å²) < 4.78 is 0. The van der Waals surface area contributed by atoms with E-state index in [4.69, 9.17) is 5.11 Å². The molecule has 1 saturated carbocycles. The van der Waals surface area contributed by atoms with Gasteiger partial charge in [0.25, 0.3) is 0 Å². The van der Waals surface area contributed by atoms with Gasteiger partial charge in [-0.15, -0.1) is 11.8 Å². The average Bonchev–Trinajstić information content (AvgIpc) is 2.76. The van der Waals surface area contributed by atoms with Gasteiger partial charge in [0.2, 0.25) is 0 Å². The Bertz CT molecular complexity index is 273. The van der Waals surface area contributed by atoms with E-state index in [-0.39, 0.29) is 0 Å². The number of carboxylic acids is 1. The van der Waals surface area contributed by atoms with Crippen LogP contribution in [0.5, 0.6) is 0 Å². The van der Waals surface area contributed by atoms with Crippen molar-refractivity contribution >= 4 is 22.8 Å². The molecule has 1 fully saturated rings. The smallest absolute Gasteiger partial charge is 0.332 e. The van der Waals surface area contributed by atoms with E-state index >= 15 is 0 Å². The van der Waals surface area contributed by atoms with E-state index in [2.05, 4.69) is 4.99 Å². The summed E-state index contributed by atoms with van der Waals surface area (Å²) in [6.45, 7) is 1.70. The summed E-state index contributed by atoms with van der Waals surface area (Å²) in [5.74, 6) is 0.595. The zero-order chi connectivity index (χ0) is 9.47. The fraction of sp³-hybridized carbons (Fsp3) is 0.778. The number of thioether (sulfide) groups is 1. The van der Waals surface area contributed by atoms with Crippen molar-refractivity contribution in [1.29, 1.82) is 0 Å². The maximum atomic E-state index is 10.8. The highest BCUT2D eigenvalue weighted by atomic mass is 32.2. The predicted octanol–water partition coefficient (Wildman–Crippen LogP) is 1.78. The Morgan fingerprint density at radius 3 is 2.92 bits per heavy atom. The molecular formula is C9H13NO2S. The average molecular weight is 199 g/mol. The lowest BCUT2D eigenvalue weighted by atomic mass is 10.1. The van der Waals surface area contributed by atoms with Crippen LogP contribution in [0.2, 0.25) is 0 Å². The number of hydrogen-bond donors (Lipinski definition) is 1. The molecule has 0 aromatic rings. The Labute approximate surface area is 81.6 Å². The lowest BCUT2D eigenvalue weighted by molar-refractivity contribution is -0.141. The largest absolute Gasteiger partial charge is 0.479 e. The molecule has 0 amide bonds. The first-order valence-corrected chi connectivity index (χ1v) is 5.54.